The van der Waals surface area contributed by atoms with Crippen molar-refractivity contribution >= 4 is 113 Å². The molecule has 0 aromatic carbocycles. The summed E-state index contributed by atoms with van der Waals surface area (Å²) >= 11 is 0. The number of carboxylic acid groups (broad SMARTS) is 4. The first-order valence-electron chi connectivity index (χ1n) is 35.7. The second-order valence-electron chi connectivity index (χ2n) is 27.4. The van der Waals surface area contributed by atoms with Gasteiger partial charge in [0.15, 0.2) is 5.96 Å². The number of amides is 14. The number of aliphatic hydroxyl groups is 1. The minimum Gasteiger partial charge on any atom is -0.481 e. The largest absolute Gasteiger partial charge is 0.481 e. The van der Waals surface area contributed by atoms with Crippen LogP contribution < -0.4 is 59.7 Å². The van der Waals surface area contributed by atoms with Gasteiger partial charge in [0.1, 0.15) is 66.5 Å². The van der Waals surface area contributed by atoms with Crippen molar-refractivity contribution in [2.45, 2.75) is 215 Å². The Balaban J connectivity index is 1.02. The van der Waals surface area contributed by atoms with Crippen LogP contribution in [-0.4, -0.2) is 312 Å². The summed E-state index contributed by atoms with van der Waals surface area (Å²) in [7, 11) is 0. The first-order chi connectivity index (χ1) is 50.2. The van der Waals surface area contributed by atoms with E-state index in [0.717, 1.165) is 0 Å². The van der Waals surface area contributed by atoms with Crippen LogP contribution in [0.5, 0.6) is 0 Å². The molecule has 6 aliphatic rings. The van der Waals surface area contributed by atoms with Gasteiger partial charge in [0.05, 0.1) is 38.7 Å². The minimum absolute atomic E-state index is 0.00112. The fourth-order valence-corrected chi connectivity index (χ4v) is 14.0. The third-order valence-corrected chi connectivity index (χ3v) is 19.3. The molecule has 106 heavy (non-hydrogen) atoms. The van der Waals surface area contributed by atoms with Gasteiger partial charge in [-0.25, -0.2) is 4.79 Å². The predicted molar refractivity (Wildman–Crippen MR) is 365 cm³/mol. The number of nitrogens with zero attached hydrogens (tertiary/aromatic N) is 7. The van der Waals surface area contributed by atoms with Gasteiger partial charge in [-0.15, -0.1) is 0 Å². The zero-order valence-corrected chi connectivity index (χ0v) is 59.4. The Bertz CT molecular complexity index is 3340. The molecule has 6 rings (SSSR count). The fourth-order valence-electron chi connectivity index (χ4n) is 14.0. The number of carbonyl (C=O) groups is 18. The fraction of sp³-hybridized carbons (Fsp3) is 0.708. The molecule has 6 fully saturated rings. The lowest BCUT2D eigenvalue weighted by Gasteiger charge is -2.34. The van der Waals surface area contributed by atoms with Crippen LogP contribution in [0.3, 0.4) is 0 Å². The van der Waals surface area contributed by atoms with Gasteiger partial charge in [0.2, 0.25) is 82.7 Å². The van der Waals surface area contributed by atoms with Gasteiger partial charge in [-0.05, 0) is 115 Å². The van der Waals surface area contributed by atoms with Crippen molar-refractivity contribution in [2.75, 3.05) is 72.1 Å². The number of likely N-dealkylation sites (tertiary alicyclic amines) is 6. The van der Waals surface area contributed by atoms with Gasteiger partial charge in [-0.1, -0.05) is 13.8 Å². The molecule has 41 nitrogen and oxygen atoms in total. The lowest BCUT2D eigenvalue weighted by Crippen LogP contribution is -2.59. The lowest BCUT2D eigenvalue weighted by atomic mass is 10.0. The molecule has 0 aromatic heterocycles. The Morgan fingerprint density at radius 1 is 0.434 bits per heavy atom. The maximum Gasteiger partial charge on any atom is 0.326 e. The normalized spacial score (nSPS) is 21.5. The van der Waals surface area contributed by atoms with Crippen LogP contribution in [0.1, 0.15) is 142 Å². The number of rotatable bonds is 38. The Morgan fingerprint density at radius 3 is 1.33 bits per heavy atom. The van der Waals surface area contributed by atoms with Gasteiger partial charge < -0.3 is 115 Å². The van der Waals surface area contributed by atoms with Crippen molar-refractivity contribution in [1.29, 1.82) is 0 Å². The number of aliphatic imine (C=N–C) groups is 1. The summed E-state index contributed by atoms with van der Waals surface area (Å²) in [5, 5.41) is 66.8. The van der Waals surface area contributed by atoms with Gasteiger partial charge in [-0.2, -0.15) is 0 Å². The SMILES string of the molecule is CC(C)C[C@H](NC(=O)CNC(=O)CNC(=O)[C@H](CO)NC(=O)[C@@H]1CCCN1C(=O)[C@@H](N)CCC(=O)O)C(=O)N1CCC[C@H]1C(=O)N[C@@H](CCCN=C(N)N)C(=O)NCC(=O)N1CCC[C@H]1C(=O)N1CCC[C@H]1C(=O)N[C@@H](CCC(=O)O)C(=O)N1CCC[C@H]1C(=O)N1CCC[C@H]1C(=O)N[C@@H](CC(=O)O)C(=O)O. The van der Waals surface area contributed by atoms with Crippen LogP contribution in [0.2, 0.25) is 0 Å². The molecule has 6 saturated heterocycles. The number of hydrogen-bond donors (Lipinski definition) is 16. The first kappa shape index (κ1) is 84.6. The zero-order valence-electron chi connectivity index (χ0n) is 59.4. The standard InChI is InChI=1S/C65H100N18O23/c1-34(2)28-38(73-48(86)31-70-47(85)30-71-54(95)40(33-84)77-58(99)41-11-4-23-79(41)59(100)35(66)17-19-50(88)89)61(102)80-24-5-12-42(80)55(96)74-36(10-3-21-69-65(67)68)53(94)72-32-49(87)78-22-8-15-45(78)62(103)81-25-6-13-43(81)56(97)75-37(18-20-51(90)91)60(101)83-27-9-16-46(83)63(104)82-26-7-14-44(82)57(98)76-39(64(105)106)29-52(92)93/h34-46,84H,3-33,66H2,1-2H3,(H,70,85)(H,71,95)(H,72,94)(H,73,86)(H,74,96)(H,75,97)(H,76,98)(H,77,99)(H,88,89)(H,90,91)(H,92,93)(H,105,106)(H4,67,68,69)/t35-,36-,37-,38-,39-,40-,41-,42-,43-,44-,45-,46-/m0/s1. The molecular formula is C65H100N18O23. The van der Waals surface area contributed by atoms with E-state index in [0.29, 0.717) is 38.5 Å². The number of aliphatic hydroxyl groups excluding tert-OH is 1. The average molecular weight is 1500 g/mol. The lowest BCUT2D eigenvalue weighted by molar-refractivity contribution is -0.150. The monoisotopic (exact) mass is 1500 g/mol. The van der Waals surface area contributed by atoms with E-state index in [4.69, 9.17) is 22.3 Å². The molecular weight excluding hydrogens is 1400 g/mol. The second-order valence-corrected chi connectivity index (χ2v) is 27.4. The molecule has 41 heteroatoms. The molecule has 12 atom stereocenters. The van der Waals surface area contributed by atoms with E-state index in [1.807, 2.05) is 0 Å². The van der Waals surface area contributed by atoms with Crippen LogP contribution in [0, 0.1) is 5.92 Å². The van der Waals surface area contributed by atoms with Crippen LogP contribution in [-0.2, 0) is 86.3 Å². The van der Waals surface area contributed by atoms with Crippen molar-refractivity contribution < 1.29 is 112 Å². The van der Waals surface area contributed by atoms with E-state index in [-0.39, 0.29) is 128 Å². The number of carbonyl (C=O) groups excluding carboxylic acids is 14. The molecule has 0 bridgehead atoms. The van der Waals surface area contributed by atoms with Gasteiger partial charge in [0.25, 0.3) is 0 Å². The van der Waals surface area contributed by atoms with Crippen LogP contribution in [0.15, 0.2) is 4.99 Å². The summed E-state index contributed by atoms with van der Waals surface area (Å²) < 4.78 is 0. The minimum atomic E-state index is -1.79. The molecule has 6 aliphatic heterocycles. The molecule has 19 N–H and O–H groups in total. The van der Waals surface area contributed by atoms with Gasteiger partial charge in [-0.3, -0.25) is 86.5 Å². The second kappa shape index (κ2) is 40.2. The zero-order chi connectivity index (χ0) is 78.2. The molecule has 0 radical (unpaired) electrons. The molecule has 6 heterocycles. The smallest absolute Gasteiger partial charge is 0.326 e. The molecule has 588 valence electrons. The van der Waals surface area contributed by atoms with Crippen LogP contribution in [0.4, 0.5) is 0 Å². The summed E-state index contributed by atoms with van der Waals surface area (Å²) in [5.41, 5.74) is 16.9. The third kappa shape index (κ3) is 23.8. The van der Waals surface area contributed by atoms with Crippen molar-refractivity contribution in [2.24, 2.45) is 28.1 Å². The Hall–Kier alpha value is -10.3. The van der Waals surface area contributed by atoms with E-state index in [1.165, 1.54) is 29.4 Å². The summed E-state index contributed by atoms with van der Waals surface area (Å²) in [6.07, 6.45) is 0.390. The quantitative estimate of drug-likeness (QED) is 0.0155. The summed E-state index contributed by atoms with van der Waals surface area (Å²) in [4.78, 5) is 250. The number of aliphatic carboxylic acids is 4. The molecule has 0 aromatic rings. The van der Waals surface area contributed by atoms with E-state index in [9.17, 15) is 107 Å². The molecule has 0 unspecified atom stereocenters. The summed E-state index contributed by atoms with van der Waals surface area (Å²) in [5.74, 6) is -17.0. The topological polar surface area (TPSA) is 615 Å². The van der Waals surface area contributed by atoms with Gasteiger partial charge in [0, 0.05) is 58.7 Å². The third-order valence-electron chi connectivity index (χ3n) is 19.3. The predicted octanol–water partition coefficient (Wildman–Crippen LogP) is -7.59. The van der Waals surface area contributed by atoms with E-state index in [1.54, 1.807) is 13.8 Å². The first-order valence-corrected chi connectivity index (χ1v) is 35.7. The Morgan fingerprint density at radius 2 is 0.840 bits per heavy atom. The van der Waals surface area contributed by atoms with Crippen LogP contribution in [0.25, 0.3) is 0 Å². The highest BCUT2D eigenvalue weighted by Gasteiger charge is 2.48. The molecule has 0 saturated carbocycles. The highest BCUT2D eigenvalue weighted by molar-refractivity contribution is 6.00. The van der Waals surface area contributed by atoms with E-state index in [2.05, 4.69) is 47.5 Å². The number of nitrogens with two attached hydrogens (primary N) is 3. The molecule has 0 aliphatic carbocycles. The maximum absolute atomic E-state index is 14.5. The van der Waals surface area contributed by atoms with E-state index >= 15 is 0 Å². The number of guanidine groups is 1. The number of carboxylic acids is 4. The molecule has 14 amide bonds. The average Bonchev–Trinajstić information content (AvgIpc) is 1.64. The Labute approximate surface area is 609 Å². The number of nitrogens with one attached hydrogen (secondary N) is 8. The Kier molecular flexibility index (Phi) is 32.1. The molecule has 0 spiro atoms. The van der Waals surface area contributed by atoms with Crippen molar-refractivity contribution in [3.8, 4) is 0 Å². The van der Waals surface area contributed by atoms with Crippen LogP contribution >= 0.6 is 0 Å². The maximum atomic E-state index is 14.5. The van der Waals surface area contributed by atoms with E-state index < -0.39 is 225 Å². The highest BCUT2D eigenvalue weighted by atomic mass is 16.4. The van der Waals surface area contributed by atoms with Crippen molar-refractivity contribution in [1.82, 2.24) is 71.9 Å². The summed E-state index contributed by atoms with van der Waals surface area (Å²) in [6, 6.07) is -15.6. The van der Waals surface area contributed by atoms with Crippen molar-refractivity contribution in [3.63, 3.8) is 0 Å². The highest BCUT2D eigenvalue weighted by Crippen LogP contribution is 2.29. The van der Waals surface area contributed by atoms with Gasteiger partial charge >= 0.3 is 23.9 Å². The number of hydrogen-bond acceptors (Lipinski definition) is 21. The summed E-state index contributed by atoms with van der Waals surface area (Å²) in [6.45, 7) is 0.907. The van der Waals surface area contributed by atoms with Crippen molar-refractivity contribution in [3.05, 3.63) is 0 Å².